The quantitative estimate of drug-likeness (QED) is 0.835. The Hall–Kier alpha value is -1.09. The third-order valence-electron chi connectivity index (χ3n) is 3.91. The zero-order valence-corrected chi connectivity index (χ0v) is 11.0. The summed E-state index contributed by atoms with van der Waals surface area (Å²) in [5.41, 5.74) is 6.88. The fraction of sp³-hybridized carbons (Fsp3) is 0.600. The van der Waals surface area contributed by atoms with Gasteiger partial charge in [0.05, 0.1) is 7.11 Å². The lowest BCUT2D eigenvalue weighted by Crippen LogP contribution is -2.41. The van der Waals surface area contributed by atoms with E-state index in [0.29, 0.717) is 17.7 Å². The third-order valence-corrected chi connectivity index (χ3v) is 3.91. The van der Waals surface area contributed by atoms with Gasteiger partial charge in [0, 0.05) is 5.54 Å². The van der Waals surface area contributed by atoms with E-state index in [9.17, 15) is 4.39 Å². The largest absolute Gasteiger partial charge is 0.494 e. The summed E-state index contributed by atoms with van der Waals surface area (Å²) in [6.45, 7) is 0. The van der Waals surface area contributed by atoms with E-state index in [4.69, 9.17) is 10.5 Å². The molecule has 2 nitrogen and oxygen atoms in total. The van der Waals surface area contributed by atoms with Crippen molar-refractivity contribution in [3.8, 4) is 5.75 Å². The number of hydrogen-bond donors (Lipinski definition) is 1. The molecular weight excluding hydrogens is 229 g/mol. The van der Waals surface area contributed by atoms with Crippen molar-refractivity contribution in [1.29, 1.82) is 0 Å². The number of benzene rings is 1. The first-order valence-electron chi connectivity index (χ1n) is 6.75. The van der Waals surface area contributed by atoms with E-state index in [1.807, 2.05) is 12.1 Å². The summed E-state index contributed by atoms with van der Waals surface area (Å²) in [7, 11) is 1.49. The van der Waals surface area contributed by atoms with Crippen molar-refractivity contribution in [2.24, 2.45) is 5.73 Å². The molecule has 2 rings (SSSR count). The first-order valence-corrected chi connectivity index (χ1v) is 6.75. The molecule has 3 heteroatoms. The van der Waals surface area contributed by atoms with E-state index in [2.05, 4.69) is 0 Å². The zero-order chi connectivity index (χ0) is 13.0. The lowest BCUT2D eigenvalue weighted by Gasteiger charge is -2.28. The van der Waals surface area contributed by atoms with Crippen LogP contribution in [0.4, 0.5) is 4.39 Å². The van der Waals surface area contributed by atoms with Crippen LogP contribution in [0.3, 0.4) is 0 Å². The monoisotopic (exact) mass is 251 g/mol. The number of nitrogens with two attached hydrogens (primary N) is 1. The molecule has 0 saturated heterocycles. The summed E-state index contributed by atoms with van der Waals surface area (Å²) in [6.07, 6.45) is 7.40. The summed E-state index contributed by atoms with van der Waals surface area (Å²) in [6, 6.07) is 5.30. The van der Waals surface area contributed by atoms with Crippen LogP contribution in [0.1, 0.15) is 44.1 Å². The Balaban J connectivity index is 2.17. The molecule has 1 aromatic rings. The summed E-state index contributed by atoms with van der Waals surface area (Å²) in [5, 5.41) is 0. The van der Waals surface area contributed by atoms with Crippen LogP contribution in [0.25, 0.3) is 0 Å². The Morgan fingerprint density at radius 2 is 1.89 bits per heavy atom. The van der Waals surface area contributed by atoms with E-state index in [1.54, 1.807) is 6.07 Å². The molecule has 1 saturated carbocycles. The maximum atomic E-state index is 14.1. The van der Waals surface area contributed by atoms with Gasteiger partial charge in [-0.3, -0.25) is 0 Å². The normalized spacial score (nSPS) is 19.3. The predicted octanol–water partition coefficient (Wildman–Crippen LogP) is 3.43. The first-order chi connectivity index (χ1) is 8.64. The molecule has 0 unspecified atom stereocenters. The highest BCUT2D eigenvalue weighted by atomic mass is 19.1. The lowest BCUT2D eigenvalue weighted by atomic mass is 9.85. The summed E-state index contributed by atoms with van der Waals surface area (Å²) >= 11 is 0. The molecule has 100 valence electrons. The fourth-order valence-electron chi connectivity index (χ4n) is 2.84. The highest BCUT2D eigenvalue weighted by molar-refractivity contribution is 5.32. The minimum Gasteiger partial charge on any atom is -0.494 e. The minimum absolute atomic E-state index is 0.246. The van der Waals surface area contributed by atoms with Gasteiger partial charge in [0.1, 0.15) is 0 Å². The topological polar surface area (TPSA) is 35.2 Å². The van der Waals surface area contributed by atoms with Crippen LogP contribution in [-0.4, -0.2) is 12.6 Å². The fourth-order valence-corrected chi connectivity index (χ4v) is 2.84. The number of halogens is 1. The molecule has 1 aliphatic rings. The summed E-state index contributed by atoms with van der Waals surface area (Å²) in [4.78, 5) is 0. The van der Waals surface area contributed by atoms with Gasteiger partial charge < -0.3 is 10.5 Å². The Morgan fingerprint density at radius 3 is 2.50 bits per heavy atom. The van der Waals surface area contributed by atoms with Gasteiger partial charge in [0.2, 0.25) is 0 Å². The summed E-state index contributed by atoms with van der Waals surface area (Å²) < 4.78 is 19.1. The highest BCUT2D eigenvalue weighted by Gasteiger charge is 2.28. The maximum absolute atomic E-state index is 14.1. The number of ether oxygens (including phenoxy) is 1. The standard InChI is InChI=1S/C15H22FNO/c1-18-13-8-6-7-12(14(13)16)11-15(17)9-4-2-3-5-10-15/h6-8H,2-5,9-11,17H2,1H3. The number of rotatable bonds is 3. The molecule has 0 heterocycles. The number of hydrogen-bond acceptors (Lipinski definition) is 2. The molecule has 0 radical (unpaired) electrons. The zero-order valence-electron chi connectivity index (χ0n) is 11.0. The van der Waals surface area contributed by atoms with Crippen LogP contribution in [0, 0.1) is 5.82 Å². The number of methoxy groups -OCH3 is 1. The average Bonchev–Trinajstić information content (AvgIpc) is 2.57. The van der Waals surface area contributed by atoms with E-state index in [-0.39, 0.29) is 11.4 Å². The Morgan fingerprint density at radius 1 is 1.22 bits per heavy atom. The van der Waals surface area contributed by atoms with E-state index >= 15 is 0 Å². The first kappa shape index (κ1) is 13.3. The Bertz CT molecular complexity index is 397. The summed E-state index contributed by atoms with van der Waals surface area (Å²) in [5.74, 6) is 0.0544. The Kier molecular flexibility index (Phi) is 4.23. The maximum Gasteiger partial charge on any atom is 0.168 e. The molecule has 0 aliphatic heterocycles. The molecule has 0 amide bonds. The van der Waals surface area contributed by atoms with Crippen molar-refractivity contribution in [2.45, 2.75) is 50.5 Å². The van der Waals surface area contributed by atoms with E-state index < -0.39 is 0 Å². The van der Waals surface area contributed by atoms with Gasteiger partial charge in [0.15, 0.2) is 11.6 Å². The average molecular weight is 251 g/mol. The second-order valence-electron chi connectivity index (χ2n) is 5.39. The van der Waals surface area contributed by atoms with Crippen LogP contribution in [0.5, 0.6) is 5.75 Å². The van der Waals surface area contributed by atoms with E-state index in [0.717, 1.165) is 25.7 Å². The third kappa shape index (κ3) is 3.02. The highest BCUT2D eigenvalue weighted by Crippen LogP contribution is 2.30. The van der Waals surface area contributed by atoms with Crippen LogP contribution in [0.15, 0.2) is 18.2 Å². The van der Waals surface area contributed by atoms with Crippen molar-refractivity contribution in [3.05, 3.63) is 29.6 Å². The molecule has 1 aliphatic carbocycles. The molecular formula is C15H22FNO. The van der Waals surface area contributed by atoms with Crippen molar-refractivity contribution >= 4 is 0 Å². The van der Waals surface area contributed by atoms with Crippen LogP contribution in [-0.2, 0) is 6.42 Å². The molecule has 0 spiro atoms. The molecule has 18 heavy (non-hydrogen) atoms. The van der Waals surface area contributed by atoms with Crippen molar-refractivity contribution < 1.29 is 9.13 Å². The molecule has 1 fully saturated rings. The van der Waals surface area contributed by atoms with Gasteiger partial charge in [-0.05, 0) is 30.9 Å². The minimum atomic E-state index is -0.255. The molecule has 0 bridgehead atoms. The van der Waals surface area contributed by atoms with Crippen molar-refractivity contribution in [1.82, 2.24) is 0 Å². The second kappa shape index (κ2) is 5.70. The van der Waals surface area contributed by atoms with Crippen LogP contribution >= 0.6 is 0 Å². The van der Waals surface area contributed by atoms with Crippen molar-refractivity contribution in [2.75, 3.05) is 7.11 Å². The van der Waals surface area contributed by atoms with Gasteiger partial charge in [0.25, 0.3) is 0 Å². The molecule has 0 atom stereocenters. The van der Waals surface area contributed by atoms with Gasteiger partial charge in [-0.15, -0.1) is 0 Å². The van der Waals surface area contributed by atoms with Crippen LogP contribution < -0.4 is 10.5 Å². The molecule has 0 aromatic heterocycles. The van der Waals surface area contributed by atoms with Crippen LogP contribution in [0.2, 0.25) is 0 Å². The molecule has 1 aromatic carbocycles. The van der Waals surface area contributed by atoms with Gasteiger partial charge in [-0.1, -0.05) is 37.8 Å². The SMILES string of the molecule is COc1cccc(CC2(N)CCCCCC2)c1F. The van der Waals surface area contributed by atoms with Crippen molar-refractivity contribution in [3.63, 3.8) is 0 Å². The van der Waals surface area contributed by atoms with Gasteiger partial charge in [-0.2, -0.15) is 0 Å². The molecule has 2 N–H and O–H groups in total. The van der Waals surface area contributed by atoms with E-state index in [1.165, 1.54) is 20.0 Å². The van der Waals surface area contributed by atoms with Gasteiger partial charge >= 0.3 is 0 Å². The lowest BCUT2D eigenvalue weighted by molar-refractivity contribution is 0.354. The second-order valence-corrected chi connectivity index (χ2v) is 5.39. The smallest absolute Gasteiger partial charge is 0.168 e. The Labute approximate surface area is 108 Å². The van der Waals surface area contributed by atoms with Gasteiger partial charge in [-0.25, -0.2) is 4.39 Å². The predicted molar refractivity (Wildman–Crippen MR) is 71.3 cm³/mol.